The molecule has 25 heavy (non-hydrogen) atoms. The number of carbonyl (C=O) groups excluding carboxylic acids is 1. The summed E-state index contributed by atoms with van der Waals surface area (Å²) in [5, 5.41) is 17.5. The van der Waals surface area contributed by atoms with Crippen LogP contribution in [0.2, 0.25) is 0 Å². The van der Waals surface area contributed by atoms with E-state index in [0.29, 0.717) is 18.2 Å². The molecule has 2 aromatic heterocycles. The Kier molecular flexibility index (Phi) is 4.98. The zero-order chi connectivity index (χ0) is 17.6. The third kappa shape index (κ3) is 4.37. The van der Waals surface area contributed by atoms with Gasteiger partial charge in [0, 0.05) is 0 Å². The van der Waals surface area contributed by atoms with Gasteiger partial charge in [-0.15, -0.1) is 5.10 Å². The first-order valence-corrected chi connectivity index (χ1v) is 7.93. The number of aromatic amines is 1. The van der Waals surface area contributed by atoms with E-state index < -0.39 is 0 Å². The highest BCUT2D eigenvalue weighted by Gasteiger charge is 2.17. The fourth-order valence-electron chi connectivity index (χ4n) is 2.24. The number of nitrogens with zero attached hydrogens (tertiary/aromatic N) is 5. The second kappa shape index (κ2) is 7.52. The van der Waals surface area contributed by atoms with Gasteiger partial charge >= 0.3 is 0 Å². The average molecular weight is 337 g/mol. The Bertz CT molecular complexity index is 866. The molecule has 2 heterocycles. The van der Waals surface area contributed by atoms with E-state index in [4.69, 9.17) is 0 Å². The predicted molar refractivity (Wildman–Crippen MR) is 92.5 cm³/mol. The molecule has 3 aromatic rings. The first kappa shape index (κ1) is 16.6. The lowest BCUT2D eigenvalue weighted by atomic mass is 10.2. The number of carbonyl (C=O) groups is 1. The third-order valence-corrected chi connectivity index (χ3v) is 3.52. The number of hydrogen-bond acceptors (Lipinski definition) is 5. The number of benzene rings is 1. The molecule has 3 rings (SSSR count). The molecular weight excluding hydrogens is 318 g/mol. The van der Waals surface area contributed by atoms with Gasteiger partial charge in [0.15, 0.2) is 11.5 Å². The van der Waals surface area contributed by atoms with Gasteiger partial charge in [-0.25, -0.2) is 9.67 Å². The van der Waals surface area contributed by atoms with Crippen molar-refractivity contribution >= 4 is 12.0 Å². The fourth-order valence-corrected chi connectivity index (χ4v) is 2.24. The maximum absolute atomic E-state index is 12.2. The van der Waals surface area contributed by atoms with Crippen molar-refractivity contribution in [2.75, 3.05) is 0 Å². The quantitative estimate of drug-likeness (QED) is 0.715. The van der Waals surface area contributed by atoms with Crippen molar-refractivity contribution in [1.82, 2.24) is 35.5 Å². The molecule has 0 aliphatic carbocycles. The van der Waals surface area contributed by atoms with Crippen LogP contribution >= 0.6 is 0 Å². The van der Waals surface area contributed by atoms with E-state index in [1.165, 1.54) is 0 Å². The Balaban J connectivity index is 1.57. The smallest absolute Gasteiger partial charge is 0.274 e. The van der Waals surface area contributed by atoms with E-state index in [0.717, 1.165) is 5.56 Å². The molecule has 0 bridgehead atoms. The number of aryl methyl sites for hydroxylation is 1. The van der Waals surface area contributed by atoms with Gasteiger partial charge in [-0.2, -0.15) is 5.10 Å². The van der Waals surface area contributed by atoms with Crippen LogP contribution in [-0.4, -0.2) is 36.1 Å². The van der Waals surface area contributed by atoms with Gasteiger partial charge in [-0.3, -0.25) is 9.89 Å². The molecule has 8 nitrogen and oxygen atoms in total. The molecule has 0 fully saturated rings. The van der Waals surface area contributed by atoms with Gasteiger partial charge in [0.2, 0.25) is 0 Å². The van der Waals surface area contributed by atoms with E-state index in [-0.39, 0.29) is 17.6 Å². The molecule has 0 unspecified atom stereocenters. The second-order valence-corrected chi connectivity index (χ2v) is 5.61. The Labute approximate surface area is 145 Å². The van der Waals surface area contributed by atoms with Crippen LogP contribution in [0.15, 0.2) is 42.6 Å². The van der Waals surface area contributed by atoms with Crippen LogP contribution < -0.4 is 5.32 Å². The monoisotopic (exact) mass is 337 g/mol. The molecule has 8 heteroatoms. The van der Waals surface area contributed by atoms with E-state index in [1.54, 1.807) is 17.8 Å². The summed E-state index contributed by atoms with van der Waals surface area (Å²) in [5.74, 6) is 0.921. The summed E-state index contributed by atoms with van der Waals surface area (Å²) in [4.78, 5) is 16.4. The summed E-state index contributed by atoms with van der Waals surface area (Å²) >= 11 is 0. The van der Waals surface area contributed by atoms with Crippen molar-refractivity contribution in [3.63, 3.8) is 0 Å². The molecule has 1 aromatic carbocycles. The lowest BCUT2D eigenvalue weighted by Crippen LogP contribution is -2.27. The molecule has 2 N–H and O–H groups in total. The number of rotatable bonds is 6. The van der Waals surface area contributed by atoms with Crippen molar-refractivity contribution in [3.05, 3.63) is 65.5 Å². The summed E-state index contributed by atoms with van der Waals surface area (Å²) in [5.41, 5.74) is 1.36. The van der Waals surface area contributed by atoms with Crippen molar-refractivity contribution in [2.45, 2.75) is 26.4 Å². The van der Waals surface area contributed by atoms with Crippen molar-refractivity contribution in [1.29, 1.82) is 0 Å². The van der Waals surface area contributed by atoms with Crippen LogP contribution in [0, 0.1) is 6.92 Å². The lowest BCUT2D eigenvalue weighted by molar-refractivity contribution is 0.0933. The highest BCUT2D eigenvalue weighted by atomic mass is 16.2. The summed E-state index contributed by atoms with van der Waals surface area (Å²) in [6.45, 7) is 4.15. The van der Waals surface area contributed by atoms with Crippen LogP contribution in [0.4, 0.5) is 0 Å². The van der Waals surface area contributed by atoms with E-state index >= 15 is 0 Å². The third-order valence-electron chi connectivity index (χ3n) is 3.52. The largest absolute Gasteiger partial charge is 0.341 e. The molecule has 0 spiro atoms. The molecule has 1 atom stereocenters. The van der Waals surface area contributed by atoms with Crippen LogP contribution in [0.1, 0.15) is 40.7 Å². The van der Waals surface area contributed by atoms with Crippen LogP contribution in [0.25, 0.3) is 6.08 Å². The SMILES string of the molecule is Cc1nc([C@H](C)NC(=O)c2cn(C/C=C/c3ccccc3)nn2)n[nH]1. The van der Waals surface area contributed by atoms with Gasteiger partial charge in [0.25, 0.3) is 5.91 Å². The summed E-state index contributed by atoms with van der Waals surface area (Å²) < 4.78 is 1.61. The van der Waals surface area contributed by atoms with Crippen molar-refractivity contribution < 1.29 is 4.79 Å². The molecule has 0 radical (unpaired) electrons. The Morgan fingerprint density at radius 3 is 2.88 bits per heavy atom. The zero-order valence-electron chi connectivity index (χ0n) is 14.0. The minimum absolute atomic E-state index is 0.257. The Hall–Kier alpha value is -3.29. The van der Waals surface area contributed by atoms with Crippen LogP contribution in [-0.2, 0) is 6.54 Å². The Morgan fingerprint density at radius 1 is 1.36 bits per heavy atom. The maximum atomic E-state index is 12.2. The number of H-pyrrole nitrogens is 1. The average Bonchev–Trinajstić information content (AvgIpc) is 3.25. The number of allylic oxidation sites excluding steroid dienone is 1. The van der Waals surface area contributed by atoms with Gasteiger partial charge in [-0.1, -0.05) is 47.7 Å². The van der Waals surface area contributed by atoms with Crippen LogP contribution in [0.5, 0.6) is 0 Å². The molecular formula is C17H19N7O. The van der Waals surface area contributed by atoms with Crippen LogP contribution in [0.3, 0.4) is 0 Å². The van der Waals surface area contributed by atoms with E-state index in [2.05, 4.69) is 30.8 Å². The standard InChI is InChI=1S/C17H19N7O/c1-12(16-19-13(2)20-22-16)18-17(25)15-11-24(23-21-15)10-6-9-14-7-4-3-5-8-14/h3-9,11-12H,10H2,1-2H3,(H,18,25)(H,19,20,22)/b9-6+/t12-/m0/s1. The predicted octanol–water partition coefficient (Wildman–Crippen LogP) is 1.91. The minimum Gasteiger partial charge on any atom is -0.341 e. The molecule has 0 saturated carbocycles. The minimum atomic E-state index is -0.319. The van der Waals surface area contributed by atoms with Gasteiger partial charge in [0.05, 0.1) is 18.8 Å². The summed E-state index contributed by atoms with van der Waals surface area (Å²) in [7, 11) is 0. The first-order valence-electron chi connectivity index (χ1n) is 7.93. The summed E-state index contributed by atoms with van der Waals surface area (Å²) in [6.07, 6.45) is 5.57. The number of nitrogens with one attached hydrogen (secondary N) is 2. The molecule has 1 amide bonds. The molecule has 0 aliphatic rings. The topological polar surface area (TPSA) is 101 Å². The molecule has 0 saturated heterocycles. The highest BCUT2D eigenvalue weighted by Crippen LogP contribution is 2.07. The zero-order valence-corrected chi connectivity index (χ0v) is 14.0. The van der Waals surface area contributed by atoms with E-state index in [1.807, 2.05) is 49.4 Å². The van der Waals surface area contributed by atoms with Gasteiger partial charge in [-0.05, 0) is 19.4 Å². The second-order valence-electron chi connectivity index (χ2n) is 5.61. The number of amides is 1. The van der Waals surface area contributed by atoms with Crippen molar-refractivity contribution in [3.8, 4) is 0 Å². The van der Waals surface area contributed by atoms with Crippen molar-refractivity contribution in [2.24, 2.45) is 0 Å². The van der Waals surface area contributed by atoms with Gasteiger partial charge < -0.3 is 5.32 Å². The summed E-state index contributed by atoms with van der Waals surface area (Å²) in [6, 6.07) is 9.65. The number of aromatic nitrogens is 6. The van der Waals surface area contributed by atoms with Gasteiger partial charge in [0.1, 0.15) is 5.82 Å². The molecule has 0 aliphatic heterocycles. The van der Waals surface area contributed by atoms with E-state index in [9.17, 15) is 4.79 Å². The highest BCUT2D eigenvalue weighted by molar-refractivity contribution is 5.92. The number of hydrogen-bond donors (Lipinski definition) is 2. The Morgan fingerprint density at radius 2 is 2.16 bits per heavy atom. The first-order chi connectivity index (χ1) is 12.1. The normalized spacial score (nSPS) is 12.4. The fraction of sp³-hybridized carbons (Fsp3) is 0.235. The maximum Gasteiger partial charge on any atom is 0.274 e. The lowest BCUT2D eigenvalue weighted by Gasteiger charge is -2.08. The molecule has 128 valence electrons.